The number of imidazole rings is 1. The van der Waals surface area contributed by atoms with Crippen LogP contribution in [0.1, 0.15) is 42.1 Å². The number of nitrogens with zero attached hydrogens (tertiary/aromatic N) is 2. The largest absolute Gasteiger partial charge is 0.341 e. The molecule has 106 valence electrons. The van der Waals surface area contributed by atoms with Gasteiger partial charge >= 0.3 is 0 Å². The Morgan fingerprint density at radius 1 is 1.50 bits per heavy atom. The van der Waals surface area contributed by atoms with Gasteiger partial charge in [0.1, 0.15) is 11.5 Å². The molecule has 0 unspecified atom stereocenters. The first-order valence-corrected chi connectivity index (χ1v) is 6.59. The van der Waals surface area contributed by atoms with Crippen molar-refractivity contribution in [3.05, 3.63) is 52.5 Å². The van der Waals surface area contributed by atoms with Crippen LogP contribution in [0, 0.1) is 0 Å². The first-order valence-electron chi connectivity index (χ1n) is 6.59. The quantitative estimate of drug-likeness (QED) is 0.864. The first-order chi connectivity index (χ1) is 9.61. The summed E-state index contributed by atoms with van der Waals surface area (Å²) in [5.41, 5.74) is -0.0329. The summed E-state index contributed by atoms with van der Waals surface area (Å²) in [7, 11) is 1.89. The van der Waals surface area contributed by atoms with Crippen molar-refractivity contribution in [1.82, 2.24) is 19.9 Å². The molecule has 0 saturated carbocycles. The van der Waals surface area contributed by atoms with Gasteiger partial charge in [0.15, 0.2) is 0 Å². The Balaban J connectivity index is 2.18. The van der Waals surface area contributed by atoms with E-state index in [0.717, 1.165) is 18.7 Å². The number of H-pyrrole nitrogens is 1. The molecule has 0 aliphatic rings. The minimum absolute atomic E-state index is 0.170. The van der Waals surface area contributed by atoms with E-state index in [1.807, 2.05) is 24.7 Å². The zero-order valence-electron chi connectivity index (χ0n) is 11.6. The van der Waals surface area contributed by atoms with Gasteiger partial charge in [0, 0.05) is 25.5 Å². The number of aromatic nitrogens is 3. The summed E-state index contributed by atoms with van der Waals surface area (Å²) in [6.45, 7) is 2.05. The van der Waals surface area contributed by atoms with Crippen molar-refractivity contribution in [3.63, 3.8) is 0 Å². The summed E-state index contributed by atoms with van der Waals surface area (Å²) in [5.74, 6) is 0.502. The molecule has 0 fully saturated rings. The maximum atomic E-state index is 12.2. The molecule has 2 aromatic heterocycles. The smallest absolute Gasteiger partial charge is 0.268 e. The third-order valence-corrected chi connectivity index (χ3v) is 3.07. The van der Waals surface area contributed by atoms with Crippen LogP contribution in [0.2, 0.25) is 0 Å². The fraction of sp³-hybridized carbons (Fsp3) is 0.357. The summed E-state index contributed by atoms with van der Waals surface area (Å²) in [6.07, 6.45) is 5.25. The third kappa shape index (κ3) is 3.14. The maximum Gasteiger partial charge on any atom is 0.268 e. The van der Waals surface area contributed by atoms with Crippen LogP contribution in [-0.2, 0) is 7.05 Å². The zero-order chi connectivity index (χ0) is 14.5. The fourth-order valence-electron chi connectivity index (χ4n) is 2.08. The highest BCUT2D eigenvalue weighted by molar-refractivity contribution is 5.92. The zero-order valence-corrected chi connectivity index (χ0v) is 11.6. The number of hydrogen-bond donors (Lipinski definition) is 2. The van der Waals surface area contributed by atoms with Crippen molar-refractivity contribution < 1.29 is 4.79 Å². The van der Waals surface area contributed by atoms with Crippen LogP contribution in [-0.4, -0.2) is 20.4 Å². The third-order valence-electron chi connectivity index (χ3n) is 3.07. The topological polar surface area (TPSA) is 79.8 Å². The van der Waals surface area contributed by atoms with Gasteiger partial charge in [-0.15, -0.1) is 0 Å². The van der Waals surface area contributed by atoms with Crippen LogP contribution < -0.4 is 10.9 Å². The van der Waals surface area contributed by atoms with Gasteiger partial charge in [-0.05, 0) is 12.5 Å². The molecule has 6 heteroatoms. The second-order valence-corrected chi connectivity index (χ2v) is 4.64. The van der Waals surface area contributed by atoms with E-state index in [4.69, 9.17) is 0 Å². The lowest BCUT2D eigenvalue weighted by Crippen LogP contribution is -2.31. The van der Waals surface area contributed by atoms with E-state index in [9.17, 15) is 9.59 Å². The monoisotopic (exact) mass is 274 g/mol. The molecular weight excluding hydrogens is 256 g/mol. The Labute approximate surface area is 116 Å². The van der Waals surface area contributed by atoms with Crippen molar-refractivity contribution in [2.24, 2.45) is 7.05 Å². The Hall–Kier alpha value is -2.37. The predicted molar refractivity (Wildman–Crippen MR) is 75.4 cm³/mol. The lowest BCUT2D eigenvalue weighted by Gasteiger charge is -2.17. The van der Waals surface area contributed by atoms with Gasteiger partial charge in [0.2, 0.25) is 5.56 Å². The second kappa shape index (κ2) is 6.18. The van der Waals surface area contributed by atoms with Crippen LogP contribution in [0.4, 0.5) is 0 Å². The molecule has 20 heavy (non-hydrogen) atoms. The molecule has 0 spiro atoms. The van der Waals surface area contributed by atoms with Gasteiger partial charge in [-0.2, -0.15) is 0 Å². The molecule has 2 heterocycles. The van der Waals surface area contributed by atoms with Gasteiger partial charge in [0.25, 0.3) is 5.91 Å². The number of nitrogens with one attached hydrogen (secondary N) is 2. The molecule has 2 N–H and O–H groups in total. The van der Waals surface area contributed by atoms with E-state index in [-0.39, 0.29) is 23.2 Å². The lowest BCUT2D eigenvalue weighted by atomic mass is 10.1. The van der Waals surface area contributed by atoms with Crippen molar-refractivity contribution >= 4 is 5.91 Å². The number of rotatable bonds is 5. The van der Waals surface area contributed by atoms with Crippen molar-refractivity contribution in [2.75, 3.05) is 0 Å². The van der Waals surface area contributed by atoms with Gasteiger partial charge in [0.05, 0.1) is 6.04 Å². The van der Waals surface area contributed by atoms with E-state index >= 15 is 0 Å². The number of carbonyl (C=O) groups is 1. The molecule has 1 atom stereocenters. The molecular formula is C14H18N4O2. The highest BCUT2D eigenvalue weighted by Crippen LogP contribution is 2.16. The van der Waals surface area contributed by atoms with E-state index in [1.54, 1.807) is 18.3 Å². The summed E-state index contributed by atoms with van der Waals surface area (Å²) < 4.78 is 1.88. The van der Waals surface area contributed by atoms with E-state index in [2.05, 4.69) is 15.3 Å². The van der Waals surface area contributed by atoms with E-state index < -0.39 is 0 Å². The highest BCUT2D eigenvalue weighted by atomic mass is 16.2. The SMILES string of the molecule is CCC[C@@H](NC(=O)c1cccc(=O)[nH]1)c1nccn1C. The maximum absolute atomic E-state index is 12.2. The number of aryl methyl sites for hydroxylation is 1. The average molecular weight is 274 g/mol. The molecule has 2 aromatic rings. The number of amides is 1. The molecule has 2 rings (SSSR count). The van der Waals surface area contributed by atoms with E-state index in [1.165, 1.54) is 6.07 Å². The molecule has 0 aliphatic carbocycles. The lowest BCUT2D eigenvalue weighted by molar-refractivity contribution is 0.0926. The molecule has 6 nitrogen and oxygen atoms in total. The average Bonchev–Trinajstić information content (AvgIpc) is 2.84. The second-order valence-electron chi connectivity index (χ2n) is 4.64. The standard InChI is InChI=1S/C14H18N4O2/c1-3-5-10(13-15-8-9-18(13)2)17-14(20)11-6-4-7-12(19)16-11/h4,6-10H,3,5H2,1-2H3,(H,16,19)(H,17,20)/t10-/m1/s1. The Kier molecular flexibility index (Phi) is 4.34. The van der Waals surface area contributed by atoms with Crippen LogP contribution >= 0.6 is 0 Å². The van der Waals surface area contributed by atoms with Crippen molar-refractivity contribution in [1.29, 1.82) is 0 Å². The molecule has 0 radical (unpaired) electrons. The molecule has 0 bridgehead atoms. The van der Waals surface area contributed by atoms with Gasteiger partial charge in [-0.1, -0.05) is 19.4 Å². The van der Waals surface area contributed by atoms with Crippen molar-refractivity contribution in [2.45, 2.75) is 25.8 Å². The van der Waals surface area contributed by atoms with Crippen LogP contribution in [0.15, 0.2) is 35.4 Å². The molecule has 0 aromatic carbocycles. The molecule has 0 saturated heterocycles. The number of pyridine rings is 1. The van der Waals surface area contributed by atoms with Gasteiger partial charge < -0.3 is 14.9 Å². The minimum Gasteiger partial charge on any atom is -0.341 e. The normalized spacial score (nSPS) is 12.1. The molecule has 1 amide bonds. The number of hydrogen-bond acceptors (Lipinski definition) is 3. The Bertz CT molecular complexity index is 644. The summed E-state index contributed by atoms with van der Waals surface area (Å²) >= 11 is 0. The van der Waals surface area contributed by atoms with E-state index in [0.29, 0.717) is 0 Å². The van der Waals surface area contributed by atoms with Crippen molar-refractivity contribution in [3.8, 4) is 0 Å². The van der Waals surface area contributed by atoms with Crippen LogP contribution in [0.3, 0.4) is 0 Å². The number of aromatic amines is 1. The van der Waals surface area contributed by atoms with Gasteiger partial charge in [-0.3, -0.25) is 9.59 Å². The summed E-state index contributed by atoms with van der Waals surface area (Å²) in [5, 5.41) is 2.91. The van der Waals surface area contributed by atoms with Crippen LogP contribution in [0.25, 0.3) is 0 Å². The predicted octanol–water partition coefficient (Wildman–Crippen LogP) is 1.38. The van der Waals surface area contributed by atoms with Gasteiger partial charge in [-0.25, -0.2) is 4.98 Å². The Morgan fingerprint density at radius 2 is 2.30 bits per heavy atom. The Morgan fingerprint density at radius 3 is 2.90 bits per heavy atom. The first kappa shape index (κ1) is 14.0. The minimum atomic E-state index is -0.302. The number of carbonyl (C=O) groups excluding carboxylic acids is 1. The summed E-state index contributed by atoms with van der Waals surface area (Å²) in [4.78, 5) is 30.2. The van der Waals surface area contributed by atoms with Crippen LogP contribution in [0.5, 0.6) is 0 Å². The fourth-order valence-corrected chi connectivity index (χ4v) is 2.08. The molecule has 0 aliphatic heterocycles. The highest BCUT2D eigenvalue weighted by Gasteiger charge is 2.18. The summed E-state index contributed by atoms with van der Waals surface area (Å²) in [6, 6.07) is 4.34.